The first-order valence-electron chi connectivity index (χ1n) is 4.52. The van der Waals surface area contributed by atoms with E-state index in [2.05, 4.69) is 27.4 Å². The van der Waals surface area contributed by atoms with Gasteiger partial charge in [0.1, 0.15) is 0 Å². The first-order valence-corrected chi connectivity index (χ1v) is 4.52. The van der Waals surface area contributed by atoms with Crippen LogP contribution in [-0.2, 0) is 0 Å². The summed E-state index contributed by atoms with van der Waals surface area (Å²) in [6, 6.07) is 0. The van der Waals surface area contributed by atoms with Crippen LogP contribution in [-0.4, -0.2) is 0 Å². The molecule has 0 heteroatoms. The summed E-state index contributed by atoms with van der Waals surface area (Å²) in [6.45, 7) is 13.2. The molecule has 0 amide bonds. The van der Waals surface area contributed by atoms with E-state index in [1.54, 1.807) is 0 Å². The van der Waals surface area contributed by atoms with E-state index >= 15 is 0 Å². The molecule has 0 spiro atoms. The highest BCUT2D eigenvalue weighted by Crippen LogP contribution is 2.65. The molecule has 0 aliphatic heterocycles. The maximum Gasteiger partial charge on any atom is -0.00880 e. The van der Waals surface area contributed by atoms with E-state index in [1.807, 2.05) is 0 Å². The lowest BCUT2D eigenvalue weighted by Crippen LogP contribution is -2.31. The molecule has 0 aromatic carbocycles. The molecule has 2 aliphatic rings. The SMILES string of the molecule is [CH2]C12CCC(C1)C(=C)C2(C)C. The number of rotatable bonds is 0. The fourth-order valence-corrected chi connectivity index (χ4v) is 2.84. The van der Waals surface area contributed by atoms with Gasteiger partial charge in [0.15, 0.2) is 0 Å². The van der Waals surface area contributed by atoms with Gasteiger partial charge in [-0.1, -0.05) is 26.0 Å². The Kier molecular flexibility index (Phi) is 1.16. The van der Waals surface area contributed by atoms with Crippen LogP contribution in [0.4, 0.5) is 0 Å². The third-order valence-corrected chi connectivity index (χ3v) is 4.23. The number of hydrogen-bond donors (Lipinski definition) is 0. The van der Waals surface area contributed by atoms with Crippen LogP contribution in [0.2, 0.25) is 0 Å². The van der Waals surface area contributed by atoms with Gasteiger partial charge in [-0.05, 0) is 42.9 Å². The van der Waals surface area contributed by atoms with E-state index in [1.165, 1.54) is 24.8 Å². The van der Waals surface area contributed by atoms with Gasteiger partial charge in [0.05, 0.1) is 0 Å². The van der Waals surface area contributed by atoms with Gasteiger partial charge >= 0.3 is 0 Å². The zero-order chi connectivity index (χ0) is 8.28. The van der Waals surface area contributed by atoms with Crippen molar-refractivity contribution in [3.8, 4) is 0 Å². The molecule has 0 heterocycles. The van der Waals surface area contributed by atoms with Crippen molar-refractivity contribution in [2.24, 2.45) is 16.7 Å². The van der Waals surface area contributed by atoms with Crippen LogP contribution in [0, 0.1) is 23.7 Å². The van der Waals surface area contributed by atoms with Crippen molar-refractivity contribution in [1.82, 2.24) is 0 Å². The largest absolute Gasteiger partial charge is 0.0990 e. The van der Waals surface area contributed by atoms with E-state index in [9.17, 15) is 0 Å². The smallest absolute Gasteiger partial charge is 0.00880 e. The minimum absolute atomic E-state index is 0.302. The van der Waals surface area contributed by atoms with Crippen LogP contribution >= 0.6 is 0 Å². The van der Waals surface area contributed by atoms with Gasteiger partial charge in [-0.25, -0.2) is 0 Å². The van der Waals surface area contributed by atoms with Crippen molar-refractivity contribution in [1.29, 1.82) is 0 Å². The monoisotopic (exact) mass is 149 g/mol. The van der Waals surface area contributed by atoms with Crippen molar-refractivity contribution < 1.29 is 0 Å². The molecule has 11 heavy (non-hydrogen) atoms. The summed E-state index contributed by atoms with van der Waals surface area (Å²) in [5.74, 6) is 0.794. The lowest BCUT2D eigenvalue weighted by Gasteiger charge is -2.40. The second-order valence-electron chi connectivity index (χ2n) is 4.87. The number of fused-ring (bicyclic) bond motifs is 2. The number of hydrogen-bond acceptors (Lipinski definition) is 0. The third kappa shape index (κ3) is 0.660. The molecule has 1 radical (unpaired) electrons. The highest BCUT2D eigenvalue weighted by molar-refractivity contribution is 5.28. The highest BCUT2D eigenvalue weighted by Gasteiger charge is 2.55. The molecular weight excluding hydrogens is 132 g/mol. The molecule has 0 aromatic heterocycles. The Morgan fingerprint density at radius 1 is 1.45 bits per heavy atom. The molecule has 2 rings (SSSR count). The Bertz CT molecular complexity index is 212. The van der Waals surface area contributed by atoms with Crippen molar-refractivity contribution in [3.63, 3.8) is 0 Å². The van der Waals surface area contributed by atoms with Gasteiger partial charge in [-0.2, -0.15) is 0 Å². The average Bonchev–Trinajstić information content (AvgIpc) is 2.36. The van der Waals surface area contributed by atoms with Gasteiger partial charge in [0.25, 0.3) is 0 Å². The van der Waals surface area contributed by atoms with Crippen LogP contribution in [0.3, 0.4) is 0 Å². The quantitative estimate of drug-likeness (QED) is 0.464. The summed E-state index contributed by atoms with van der Waals surface area (Å²) in [5.41, 5.74) is 2.09. The fraction of sp³-hybridized carbons (Fsp3) is 0.727. The Morgan fingerprint density at radius 3 is 2.36 bits per heavy atom. The Hall–Kier alpha value is -0.260. The van der Waals surface area contributed by atoms with Crippen molar-refractivity contribution >= 4 is 0 Å². The molecule has 0 saturated heterocycles. The van der Waals surface area contributed by atoms with Crippen molar-refractivity contribution in [2.45, 2.75) is 33.1 Å². The van der Waals surface area contributed by atoms with Gasteiger partial charge in [-0.3, -0.25) is 0 Å². The molecule has 2 atom stereocenters. The lowest BCUT2D eigenvalue weighted by molar-refractivity contribution is 0.192. The summed E-state index contributed by atoms with van der Waals surface area (Å²) >= 11 is 0. The van der Waals surface area contributed by atoms with Crippen molar-refractivity contribution in [3.05, 3.63) is 19.1 Å². The Labute approximate surface area is 69.7 Å². The normalized spacial score (nSPS) is 46.8. The Balaban J connectivity index is 2.44. The summed E-state index contributed by atoms with van der Waals surface area (Å²) in [6.07, 6.45) is 3.94. The molecule has 0 nitrogen and oxygen atoms in total. The average molecular weight is 149 g/mol. The first-order chi connectivity index (χ1) is 4.97. The van der Waals surface area contributed by atoms with E-state index in [4.69, 9.17) is 0 Å². The topological polar surface area (TPSA) is 0 Å². The van der Waals surface area contributed by atoms with Gasteiger partial charge in [0.2, 0.25) is 0 Å². The summed E-state index contributed by atoms with van der Waals surface area (Å²) in [7, 11) is 0. The van der Waals surface area contributed by atoms with E-state index in [0.717, 1.165) is 5.92 Å². The van der Waals surface area contributed by atoms with Crippen LogP contribution in [0.15, 0.2) is 12.2 Å². The standard InChI is InChI=1S/C11H17/c1-8-9-5-6-11(4,7-9)10(8,2)3/h9H,1,4-7H2,2-3H3. The van der Waals surface area contributed by atoms with E-state index in [-0.39, 0.29) is 0 Å². The van der Waals surface area contributed by atoms with Crippen molar-refractivity contribution in [2.75, 3.05) is 0 Å². The summed E-state index contributed by atoms with van der Waals surface area (Å²) in [5, 5.41) is 0. The fourth-order valence-electron chi connectivity index (χ4n) is 2.84. The molecule has 2 saturated carbocycles. The van der Waals surface area contributed by atoms with Crippen LogP contribution in [0.1, 0.15) is 33.1 Å². The minimum atomic E-state index is 0.302. The second-order valence-corrected chi connectivity index (χ2v) is 4.87. The molecule has 2 aliphatic carbocycles. The molecule has 2 unspecified atom stereocenters. The van der Waals surface area contributed by atoms with Gasteiger partial charge < -0.3 is 0 Å². The van der Waals surface area contributed by atoms with Crippen LogP contribution in [0.25, 0.3) is 0 Å². The number of allylic oxidation sites excluding steroid dienone is 1. The maximum absolute atomic E-state index is 4.37. The first kappa shape index (κ1) is 7.39. The van der Waals surface area contributed by atoms with E-state index in [0.29, 0.717) is 10.8 Å². The highest BCUT2D eigenvalue weighted by atomic mass is 14.6. The second kappa shape index (κ2) is 1.73. The van der Waals surface area contributed by atoms with Crippen LogP contribution in [0.5, 0.6) is 0 Å². The van der Waals surface area contributed by atoms with Gasteiger partial charge in [0, 0.05) is 0 Å². The molecule has 2 fully saturated rings. The maximum atomic E-state index is 4.37. The lowest BCUT2D eigenvalue weighted by atomic mass is 9.64. The summed E-state index contributed by atoms with van der Waals surface area (Å²) in [4.78, 5) is 0. The third-order valence-electron chi connectivity index (χ3n) is 4.23. The minimum Gasteiger partial charge on any atom is -0.0990 e. The predicted octanol–water partition coefficient (Wildman–Crippen LogP) is 3.20. The Morgan fingerprint density at radius 2 is 2.09 bits per heavy atom. The predicted molar refractivity (Wildman–Crippen MR) is 48.1 cm³/mol. The zero-order valence-electron chi connectivity index (χ0n) is 7.61. The molecule has 2 bridgehead atoms. The molecular formula is C11H17. The van der Waals surface area contributed by atoms with E-state index < -0.39 is 0 Å². The molecule has 0 aromatic rings. The zero-order valence-corrected chi connectivity index (χ0v) is 7.61. The van der Waals surface area contributed by atoms with Gasteiger partial charge in [-0.15, -0.1) is 0 Å². The molecule has 61 valence electrons. The summed E-state index contributed by atoms with van der Waals surface area (Å²) < 4.78 is 0. The molecule has 0 N–H and O–H groups in total. The van der Waals surface area contributed by atoms with Crippen LogP contribution < -0.4 is 0 Å².